The quantitative estimate of drug-likeness (QED) is 0.861. The summed E-state index contributed by atoms with van der Waals surface area (Å²) in [5, 5.41) is 12.2. The number of benzene rings is 2. The predicted molar refractivity (Wildman–Crippen MR) is 76.7 cm³/mol. The van der Waals surface area contributed by atoms with Crippen LogP contribution in [0.25, 0.3) is 0 Å². The molecule has 0 radical (unpaired) electrons. The summed E-state index contributed by atoms with van der Waals surface area (Å²) in [6.07, 6.45) is 0. The van der Waals surface area contributed by atoms with Gasteiger partial charge in [0.1, 0.15) is 5.75 Å². The molecule has 2 aromatic carbocycles. The third kappa shape index (κ3) is 2.94. The van der Waals surface area contributed by atoms with Crippen LogP contribution < -0.4 is 5.32 Å². The van der Waals surface area contributed by atoms with Gasteiger partial charge < -0.3 is 10.4 Å². The van der Waals surface area contributed by atoms with Crippen molar-refractivity contribution in [3.63, 3.8) is 0 Å². The van der Waals surface area contributed by atoms with Crippen LogP contribution in [0.15, 0.2) is 36.4 Å². The van der Waals surface area contributed by atoms with Crippen molar-refractivity contribution in [3.05, 3.63) is 58.7 Å². The number of anilines is 1. The minimum absolute atomic E-state index is 0.163. The number of carbonyl (C=O) groups is 1. The van der Waals surface area contributed by atoms with Gasteiger partial charge in [0.2, 0.25) is 0 Å². The molecular weight excluding hydrogens is 238 g/mol. The van der Waals surface area contributed by atoms with Gasteiger partial charge in [-0.15, -0.1) is 0 Å². The number of aryl methyl sites for hydroxylation is 3. The average molecular weight is 255 g/mol. The van der Waals surface area contributed by atoms with Crippen LogP contribution in [0.4, 0.5) is 5.69 Å². The fourth-order valence-corrected chi connectivity index (χ4v) is 2.05. The Morgan fingerprint density at radius 3 is 2.37 bits per heavy atom. The Kier molecular flexibility index (Phi) is 3.56. The highest BCUT2D eigenvalue weighted by atomic mass is 16.3. The van der Waals surface area contributed by atoms with Crippen LogP contribution >= 0.6 is 0 Å². The minimum Gasteiger partial charge on any atom is -0.508 e. The molecule has 0 aliphatic heterocycles. The summed E-state index contributed by atoms with van der Waals surface area (Å²) in [4.78, 5) is 12.2. The van der Waals surface area contributed by atoms with Crippen LogP contribution in [0.1, 0.15) is 27.0 Å². The van der Waals surface area contributed by atoms with Crippen molar-refractivity contribution in [2.24, 2.45) is 0 Å². The van der Waals surface area contributed by atoms with Crippen molar-refractivity contribution in [1.29, 1.82) is 0 Å². The summed E-state index contributed by atoms with van der Waals surface area (Å²) in [7, 11) is 0. The maximum atomic E-state index is 12.2. The van der Waals surface area contributed by atoms with Crippen molar-refractivity contribution in [2.45, 2.75) is 20.8 Å². The number of carbonyl (C=O) groups excluding carboxylic acids is 1. The number of amides is 1. The molecule has 2 rings (SSSR count). The molecule has 0 spiro atoms. The second-order valence-electron chi connectivity index (χ2n) is 4.77. The lowest BCUT2D eigenvalue weighted by Crippen LogP contribution is -2.14. The number of aromatic hydroxyl groups is 1. The molecule has 2 aromatic rings. The molecule has 0 aromatic heterocycles. The molecule has 3 nitrogen and oxygen atoms in total. The molecule has 19 heavy (non-hydrogen) atoms. The second-order valence-corrected chi connectivity index (χ2v) is 4.77. The zero-order valence-electron chi connectivity index (χ0n) is 11.3. The summed E-state index contributed by atoms with van der Waals surface area (Å²) < 4.78 is 0. The van der Waals surface area contributed by atoms with E-state index < -0.39 is 0 Å². The number of hydrogen-bond acceptors (Lipinski definition) is 2. The Hall–Kier alpha value is -2.29. The van der Waals surface area contributed by atoms with Gasteiger partial charge in [0.25, 0.3) is 5.91 Å². The van der Waals surface area contributed by atoms with Crippen molar-refractivity contribution in [3.8, 4) is 5.75 Å². The normalized spacial score (nSPS) is 10.3. The van der Waals surface area contributed by atoms with Gasteiger partial charge in [-0.2, -0.15) is 0 Å². The van der Waals surface area contributed by atoms with E-state index in [1.807, 2.05) is 32.0 Å². The van der Waals surface area contributed by atoms with Gasteiger partial charge in [-0.05, 0) is 56.2 Å². The Bertz CT molecular complexity index is 633. The fraction of sp³-hybridized carbons (Fsp3) is 0.188. The van der Waals surface area contributed by atoms with E-state index in [2.05, 4.69) is 5.32 Å². The summed E-state index contributed by atoms with van der Waals surface area (Å²) >= 11 is 0. The summed E-state index contributed by atoms with van der Waals surface area (Å²) in [5.74, 6) is 0.00465. The highest BCUT2D eigenvalue weighted by Crippen LogP contribution is 2.20. The van der Waals surface area contributed by atoms with E-state index in [1.54, 1.807) is 19.1 Å². The average Bonchev–Trinajstić information content (AvgIpc) is 2.32. The Morgan fingerprint density at radius 2 is 1.74 bits per heavy atom. The topological polar surface area (TPSA) is 49.3 Å². The third-order valence-corrected chi connectivity index (χ3v) is 3.08. The largest absolute Gasteiger partial charge is 0.508 e. The van der Waals surface area contributed by atoms with E-state index in [1.165, 1.54) is 6.07 Å². The lowest BCUT2D eigenvalue weighted by atomic mass is 10.1. The van der Waals surface area contributed by atoms with Crippen LogP contribution in [-0.2, 0) is 0 Å². The fourth-order valence-electron chi connectivity index (χ4n) is 2.05. The van der Waals surface area contributed by atoms with E-state index in [0.717, 1.165) is 22.4 Å². The first-order chi connectivity index (χ1) is 8.97. The highest BCUT2D eigenvalue weighted by Gasteiger charge is 2.10. The van der Waals surface area contributed by atoms with E-state index in [0.29, 0.717) is 5.56 Å². The summed E-state index contributed by atoms with van der Waals surface area (Å²) in [6, 6.07) is 10.6. The molecule has 0 saturated heterocycles. The van der Waals surface area contributed by atoms with Crippen molar-refractivity contribution < 1.29 is 9.90 Å². The first-order valence-electron chi connectivity index (χ1n) is 6.15. The van der Waals surface area contributed by atoms with Crippen LogP contribution in [0, 0.1) is 20.8 Å². The van der Waals surface area contributed by atoms with Crippen LogP contribution in [-0.4, -0.2) is 11.0 Å². The molecule has 0 atom stereocenters. The predicted octanol–water partition coefficient (Wildman–Crippen LogP) is 3.57. The van der Waals surface area contributed by atoms with E-state index in [9.17, 15) is 9.90 Å². The molecule has 1 amide bonds. The maximum Gasteiger partial charge on any atom is 0.255 e. The van der Waals surface area contributed by atoms with Gasteiger partial charge in [0.05, 0.1) is 0 Å². The van der Waals surface area contributed by atoms with Crippen molar-refractivity contribution in [1.82, 2.24) is 0 Å². The molecular formula is C16H17NO2. The summed E-state index contributed by atoms with van der Waals surface area (Å²) in [6.45, 7) is 5.78. The van der Waals surface area contributed by atoms with E-state index in [4.69, 9.17) is 0 Å². The first-order valence-corrected chi connectivity index (χ1v) is 6.15. The lowest BCUT2D eigenvalue weighted by molar-refractivity contribution is 0.102. The number of rotatable bonds is 2. The smallest absolute Gasteiger partial charge is 0.255 e. The Morgan fingerprint density at radius 1 is 1.00 bits per heavy atom. The van der Waals surface area contributed by atoms with E-state index >= 15 is 0 Å². The molecule has 0 fully saturated rings. The van der Waals surface area contributed by atoms with Crippen LogP contribution in [0.5, 0.6) is 5.75 Å². The van der Waals surface area contributed by atoms with Crippen LogP contribution in [0.3, 0.4) is 0 Å². The standard InChI is InChI=1S/C16H17NO2/c1-10-4-7-15(12(3)8-10)17-16(19)14-6-5-13(18)9-11(14)2/h4-9,18H,1-3H3,(H,17,19). The number of phenols is 1. The molecule has 3 heteroatoms. The molecule has 0 saturated carbocycles. The van der Waals surface area contributed by atoms with Crippen LogP contribution in [0.2, 0.25) is 0 Å². The van der Waals surface area contributed by atoms with Gasteiger partial charge in [-0.3, -0.25) is 4.79 Å². The van der Waals surface area contributed by atoms with Crippen molar-refractivity contribution >= 4 is 11.6 Å². The zero-order chi connectivity index (χ0) is 14.0. The monoisotopic (exact) mass is 255 g/mol. The van der Waals surface area contributed by atoms with Gasteiger partial charge in [-0.1, -0.05) is 17.7 Å². The SMILES string of the molecule is Cc1ccc(NC(=O)c2ccc(O)cc2C)c(C)c1. The lowest BCUT2D eigenvalue weighted by Gasteiger charge is -2.11. The zero-order valence-corrected chi connectivity index (χ0v) is 11.3. The number of nitrogens with one attached hydrogen (secondary N) is 1. The molecule has 0 aliphatic rings. The molecule has 0 unspecified atom stereocenters. The molecule has 0 bridgehead atoms. The van der Waals surface area contributed by atoms with Gasteiger partial charge in [0.15, 0.2) is 0 Å². The Labute approximate surface area is 112 Å². The van der Waals surface area contributed by atoms with Gasteiger partial charge in [-0.25, -0.2) is 0 Å². The first kappa shape index (κ1) is 13.1. The van der Waals surface area contributed by atoms with E-state index in [-0.39, 0.29) is 11.7 Å². The number of phenolic OH excluding ortho intramolecular Hbond substituents is 1. The third-order valence-electron chi connectivity index (χ3n) is 3.08. The molecule has 2 N–H and O–H groups in total. The summed E-state index contributed by atoms with van der Waals surface area (Å²) in [5.41, 5.74) is 4.32. The van der Waals surface area contributed by atoms with Crippen molar-refractivity contribution in [2.75, 3.05) is 5.32 Å². The number of hydrogen-bond donors (Lipinski definition) is 2. The maximum absolute atomic E-state index is 12.2. The van der Waals surface area contributed by atoms with Gasteiger partial charge >= 0.3 is 0 Å². The molecule has 0 heterocycles. The minimum atomic E-state index is -0.163. The molecule has 0 aliphatic carbocycles. The van der Waals surface area contributed by atoms with Gasteiger partial charge in [0, 0.05) is 11.3 Å². The Balaban J connectivity index is 2.25. The molecule has 98 valence electrons. The highest BCUT2D eigenvalue weighted by molar-refractivity contribution is 6.05. The second kappa shape index (κ2) is 5.14.